The maximum atomic E-state index is 12.9. The molecule has 482 valence electrons. The second-order valence-corrected chi connectivity index (χ2v) is 25.6. The lowest BCUT2D eigenvalue weighted by Crippen LogP contribution is -2.40. The molecule has 2 atom stereocenters. The molecule has 0 bridgehead atoms. The van der Waals surface area contributed by atoms with Crippen LogP contribution in [0.15, 0.2) is 36.5 Å². The lowest BCUT2D eigenvalue weighted by Gasteiger charge is -2.25. The minimum absolute atomic E-state index is 0.179. The second-order valence-electron chi connectivity index (χ2n) is 25.6. The van der Waals surface area contributed by atoms with E-state index in [9.17, 15) is 19.5 Å². The van der Waals surface area contributed by atoms with E-state index in [2.05, 4.69) is 50.3 Å². The van der Waals surface area contributed by atoms with Crippen LogP contribution in [0, 0.1) is 0 Å². The number of esters is 2. The van der Waals surface area contributed by atoms with Crippen LogP contribution in [0.2, 0.25) is 0 Å². The smallest absolute Gasteiger partial charge is 0.361 e. The number of likely N-dealkylation sites (N-methyl/N-ethyl adjacent to an activating group) is 1. The molecule has 0 aromatic heterocycles. The quantitative estimate of drug-likeness (QED) is 0.0211. The number of carboxylic acid groups (broad SMARTS) is 1. The molecule has 0 aliphatic rings. The average molecular weight is 1160 g/mol. The van der Waals surface area contributed by atoms with Gasteiger partial charge in [0, 0.05) is 12.8 Å². The first-order valence-corrected chi connectivity index (χ1v) is 35.7. The van der Waals surface area contributed by atoms with E-state index >= 15 is 0 Å². The van der Waals surface area contributed by atoms with Crippen molar-refractivity contribution in [3.05, 3.63) is 36.5 Å². The van der Waals surface area contributed by atoms with E-state index in [1.807, 2.05) is 21.1 Å². The molecule has 0 aromatic rings. The zero-order valence-electron chi connectivity index (χ0n) is 55.2. The summed E-state index contributed by atoms with van der Waals surface area (Å²) in [5.41, 5.74) is 0. The Labute approximate surface area is 509 Å². The van der Waals surface area contributed by atoms with Crippen molar-refractivity contribution in [3.63, 3.8) is 0 Å². The maximum Gasteiger partial charge on any atom is 0.361 e. The number of allylic oxidation sites excluding steroid dienone is 6. The fraction of sp³-hybridized carbons (Fsp3) is 0.877. The molecule has 0 fully saturated rings. The van der Waals surface area contributed by atoms with Crippen molar-refractivity contribution in [2.24, 2.45) is 0 Å². The number of aliphatic carboxylic acids is 1. The fourth-order valence-electron chi connectivity index (χ4n) is 10.7. The molecule has 0 saturated carbocycles. The second kappa shape index (κ2) is 64.5. The summed E-state index contributed by atoms with van der Waals surface area (Å²) in [6, 6.07) is 0. The van der Waals surface area contributed by atoms with Gasteiger partial charge in [0.15, 0.2) is 6.10 Å². The summed E-state index contributed by atoms with van der Waals surface area (Å²) in [6.45, 7) is 4.93. The Bertz CT molecular complexity index is 1440. The molecule has 82 heavy (non-hydrogen) atoms. The topological polar surface area (TPSA) is 108 Å². The Balaban J connectivity index is 4.05. The summed E-state index contributed by atoms with van der Waals surface area (Å²) in [7, 11) is 5.99. The van der Waals surface area contributed by atoms with Gasteiger partial charge in [-0.15, -0.1) is 0 Å². The number of hydrogen-bond donors (Lipinski definition) is 1. The molecule has 1 N–H and O–H groups in total. The van der Waals surface area contributed by atoms with E-state index in [0.717, 1.165) is 57.8 Å². The number of unbranched alkanes of at least 4 members (excludes halogenated alkanes) is 46. The number of rotatable bonds is 67. The van der Waals surface area contributed by atoms with Crippen LogP contribution in [-0.4, -0.2) is 87.4 Å². The number of quaternary nitrogens is 1. The molecule has 0 rings (SSSR count). The number of ether oxygens (including phenoxy) is 4. The van der Waals surface area contributed by atoms with Gasteiger partial charge in [-0.3, -0.25) is 9.59 Å². The predicted molar refractivity (Wildman–Crippen MR) is 351 cm³/mol. The van der Waals surface area contributed by atoms with Gasteiger partial charge in [-0.1, -0.05) is 326 Å². The van der Waals surface area contributed by atoms with Gasteiger partial charge in [0.2, 0.25) is 0 Å². The molecule has 2 unspecified atom stereocenters. The van der Waals surface area contributed by atoms with Crippen LogP contribution in [0.4, 0.5) is 0 Å². The Morgan fingerprint density at radius 2 is 0.659 bits per heavy atom. The first-order chi connectivity index (χ1) is 40.1. The largest absolute Gasteiger partial charge is 0.477 e. The summed E-state index contributed by atoms with van der Waals surface area (Å²) in [5.74, 6) is -1.99. The van der Waals surface area contributed by atoms with Crippen LogP contribution >= 0.6 is 0 Å². The first-order valence-electron chi connectivity index (χ1n) is 35.7. The molecule has 0 aliphatic carbocycles. The third kappa shape index (κ3) is 65.1. The minimum atomic E-state index is -1.51. The van der Waals surface area contributed by atoms with Gasteiger partial charge >= 0.3 is 17.9 Å². The number of carboxylic acids is 1. The van der Waals surface area contributed by atoms with Gasteiger partial charge in [-0.05, 0) is 51.4 Å². The Kier molecular flexibility index (Phi) is 62.5. The molecular weight excluding hydrogens is 1020 g/mol. The SMILES string of the molecule is CCCCCCC/C=C\C/C=C\C/C=C\CCCCCCCCCCCCC(=O)OC(COC(=O)CCCCCCCCCCCCCCCCCCCCCCCCCCCCCCCCCC)COC(OCC[N+](C)(C)C)C(=O)O. The van der Waals surface area contributed by atoms with Crippen LogP contribution < -0.4 is 0 Å². The molecule has 0 aromatic carbocycles. The van der Waals surface area contributed by atoms with Gasteiger partial charge in [0.1, 0.15) is 13.2 Å². The highest BCUT2D eigenvalue weighted by atomic mass is 16.7. The van der Waals surface area contributed by atoms with Crippen molar-refractivity contribution >= 4 is 17.9 Å². The van der Waals surface area contributed by atoms with Crippen LogP contribution in [0.25, 0.3) is 0 Å². The van der Waals surface area contributed by atoms with Gasteiger partial charge in [-0.2, -0.15) is 0 Å². The molecule has 0 heterocycles. The summed E-state index contributed by atoms with van der Waals surface area (Å²) in [5, 5.41) is 9.74. The predicted octanol–water partition coefficient (Wildman–Crippen LogP) is 22.0. The molecule has 0 radical (unpaired) electrons. The number of nitrogens with zero attached hydrogens (tertiary/aromatic N) is 1. The van der Waals surface area contributed by atoms with E-state index in [0.29, 0.717) is 17.4 Å². The van der Waals surface area contributed by atoms with E-state index in [4.69, 9.17) is 18.9 Å². The van der Waals surface area contributed by atoms with E-state index in [1.165, 1.54) is 270 Å². The molecule has 0 amide bonds. The van der Waals surface area contributed by atoms with Gasteiger partial charge in [0.25, 0.3) is 6.29 Å². The van der Waals surface area contributed by atoms with E-state index in [1.54, 1.807) is 0 Å². The average Bonchev–Trinajstić information content (AvgIpc) is 3.45. The van der Waals surface area contributed by atoms with Gasteiger partial charge in [0.05, 0.1) is 34.4 Å². The highest BCUT2D eigenvalue weighted by molar-refractivity contribution is 5.71. The summed E-state index contributed by atoms with van der Waals surface area (Å²) >= 11 is 0. The van der Waals surface area contributed by atoms with Crippen LogP contribution in [0.3, 0.4) is 0 Å². The maximum absolute atomic E-state index is 12.9. The number of carbonyl (C=O) groups is 3. The number of carbonyl (C=O) groups excluding carboxylic acids is 2. The summed E-state index contributed by atoms with van der Waals surface area (Å²) < 4.78 is 23.0. The number of hydrogen-bond acceptors (Lipinski definition) is 7. The highest BCUT2D eigenvalue weighted by Crippen LogP contribution is 2.19. The zero-order chi connectivity index (χ0) is 59.8. The lowest BCUT2D eigenvalue weighted by molar-refractivity contribution is -0.870. The van der Waals surface area contributed by atoms with Crippen molar-refractivity contribution in [2.75, 3.05) is 47.5 Å². The van der Waals surface area contributed by atoms with Crippen molar-refractivity contribution < 1.29 is 42.9 Å². The first kappa shape index (κ1) is 79.5. The third-order valence-electron chi connectivity index (χ3n) is 16.1. The Hall–Kier alpha value is -2.49. The van der Waals surface area contributed by atoms with Crippen molar-refractivity contribution in [1.82, 2.24) is 0 Å². The molecule has 0 aliphatic heterocycles. The lowest BCUT2D eigenvalue weighted by atomic mass is 10.0. The van der Waals surface area contributed by atoms with Crippen molar-refractivity contribution in [1.29, 1.82) is 0 Å². The van der Waals surface area contributed by atoms with Crippen LogP contribution in [0.5, 0.6) is 0 Å². The molecule has 9 heteroatoms. The Morgan fingerprint density at radius 1 is 0.366 bits per heavy atom. The third-order valence-corrected chi connectivity index (χ3v) is 16.1. The standard InChI is InChI=1S/C73H137NO8/c1-6-8-10-12-14-16-18-20-22-24-26-28-30-32-33-34-35-36-37-38-40-41-43-45-47-49-51-53-55-57-59-61-63-70(75)80-67-69(68-81-73(72(77)78)79-66-65-74(3,4)5)82-71(76)64-62-60-58-56-54-52-50-48-46-44-42-39-31-29-27-25-23-21-19-17-15-13-11-9-7-2/h19,21,25,27,31,39,69,73H,6-18,20,22-24,26,28-30,32-38,40-68H2,1-5H3/p+1/b21-19-,27-25-,39-31-. The molecule has 0 spiro atoms. The van der Waals surface area contributed by atoms with Gasteiger partial charge in [-0.25, -0.2) is 4.79 Å². The van der Waals surface area contributed by atoms with Crippen molar-refractivity contribution in [2.45, 2.75) is 367 Å². The summed E-state index contributed by atoms with van der Waals surface area (Å²) in [4.78, 5) is 37.6. The van der Waals surface area contributed by atoms with Crippen molar-refractivity contribution in [3.8, 4) is 0 Å². The van der Waals surface area contributed by atoms with Crippen LogP contribution in [-0.2, 0) is 33.3 Å². The normalized spacial score (nSPS) is 12.8. The highest BCUT2D eigenvalue weighted by Gasteiger charge is 2.25. The Morgan fingerprint density at radius 3 is 0.976 bits per heavy atom. The molecule has 0 saturated heterocycles. The van der Waals surface area contributed by atoms with E-state index in [-0.39, 0.29) is 32.2 Å². The zero-order valence-corrected chi connectivity index (χ0v) is 55.2. The summed E-state index contributed by atoms with van der Waals surface area (Å²) in [6.07, 6.45) is 78.4. The molecular formula is C73H138NO8+. The van der Waals surface area contributed by atoms with E-state index < -0.39 is 24.3 Å². The van der Waals surface area contributed by atoms with Crippen LogP contribution in [0.1, 0.15) is 354 Å². The monoisotopic (exact) mass is 1160 g/mol. The molecule has 9 nitrogen and oxygen atoms in total. The minimum Gasteiger partial charge on any atom is -0.477 e. The fourth-order valence-corrected chi connectivity index (χ4v) is 10.7. The van der Waals surface area contributed by atoms with Gasteiger partial charge < -0.3 is 28.5 Å².